The van der Waals surface area contributed by atoms with Gasteiger partial charge in [0.2, 0.25) is 5.88 Å². The Morgan fingerprint density at radius 1 is 1.09 bits per heavy atom. The van der Waals surface area contributed by atoms with Gasteiger partial charge in [-0.2, -0.15) is 18.2 Å². The predicted molar refractivity (Wildman–Crippen MR) is 109 cm³/mol. The van der Waals surface area contributed by atoms with Crippen LogP contribution in [0.15, 0.2) is 65.1 Å². The number of anilines is 1. The average Bonchev–Trinajstić information content (AvgIpc) is 3.21. The molecular formula is C23H15F4N3O3. The first kappa shape index (κ1) is 19.8. The van der Waals surface area contributed by atoms with E-state index in [0.717, 1.165) is 36.5 Å². The molecule has 2 aromatic carbocycles. The molecule has 168 valence electrons. The van der Waals surface area contributed by atoms with E-state index in [0.29, 0.717) is 12.1 Å². The summed E-state index contributed by atoms with van der Waals surface area (Å²) >= 11 is 0. The Morgan fingerprint density at radius 3 is 2.55 bits per heavy atom. The highest BCUT2D eigenvalue weighted by molar-refractivity contribution is 5.71. The van der Waals surface area contributed by atoms with Crippen LogP contribution in [-0.2, 0) is 19.3 Å². The Hall–Kier alpha value is -3.82. The fourth-order valence-corrected chi connectivity index (χ4v) is 4.28. The van der Waals surface area contributed by atoms with Crippen molar-refractivity contribution in [3.05, 3.63) is 87.7 Å². The Balaban J connectivity index is 1.14. The summed E-state index contributed by atoms with van der Waals surface area (Å²) in [5.74, 6) is 0.119. The molecular weight excluding hydrogens is 442 g/mol. The van der Waals surface area contributed by atoms with Crippen molar-refractivity contribution < 1.29 is 27.0 Å². The molecule has 1 fully saturated rings. The number of aromatic nitrogens is 2. The van der Waals surface area contributed by atoms with E-state index in [1.165, 1.54) is 17.7 Å². The summed E-state index contributed by atoms with van der Waals surface area (Å²) in [6, 6.07) is 9.79. The van der Waals surface area contributed by atoms with Gasteiger partial charge in [0.05, 0.1) is 17.6 Å². The summed E-state index contributed by atoms with van der Waals surface area (Å²) in [6.45, 7) is 0.575. The van der Waals surface area contributed by atoms with E-state index in [-0.39, 0.29) is 29.5 Å². The molecule has 1 spiro atoms. The maximum Gasteiger partial charge on any atom is 0.416 e. The number of halogens is 4. The molecule has 3 aliphatic rings. The first-order valence-corrected chi connectivity index (χ1v) is 10.1. The Bertz CT molecular complexity index is 1380. The van der Waals surface area contributed by atoms with Gasteiger partial charge in [0, 0.05) is 18.7 Å². The van der Waals surface area contributed by atoms with Gasteiger partial charge in [0.1, 0.15) is 18.2 Å². The van der Waals surface area contributed by atoms with Crippen LogP contribution in [0.4, 0.5) is 23.4 Å². The zero-order valence-electron chi connectivity index (χ0n) is 16.9. The van der Waals surface area contributed by atoms with E-state index in [1.54, 1.807) is 16.7 Å². The first-order valence-electron chi connectivity index (χ1n) is 10.1. The van der Waals surface area contributed by atoms with Gasteiger partial charge >= 0.3 is 11.9 Å². The number of rotatable bonds is 5. The summed E-state index contributed by atoms with van der Waals surface area (Å²) in [7, 11) is 0. The zero-order valence-corrected chi connectivity index (χ0v) is 16.9. The molecule has 3 heterocycles. The summed E-state index contributed by atoms with van der Waals surface area (Å²) in [4.78, 5) is 18.4. The first-order chi connectivity index (χ1) is 15.7. The fraction of sp³-hybridized carbons (Fsp3) is 0.217. The third-order valence-corrected chi connectivity index (χ3v) is 6.13. The lowest BCUT2D eigenvalue weighted by Gasteiger charge is -2.27. The number of nitrogens with zero attached hydrogens (tertiary/aromatic N) is 3. The molecule has 6 nitrogen and oxygen atoms in total. The van der Waals surface area contributed by atoms with E-state index in [9.17, 15) is 22.4 Å². The molecule has 0 amide bonds. The normalized spacial score (nSPS) is 19.8. The summed E-state index contributed by atoms with van der Waals surface area (Å²) in [5, 5.41) is 0. The SMILES string of the molecule is O=c1nc(OCc2ccc(Oc3ccc(C(F)(F)F)cc3)c(F)c2)cc2n1CC13CC1=CN23. The minimum absolute atomic E-state index is 0.0282. The quantitative estimate of drug-likeness (QED) is 0.523. The molecule has 33 heavy (non-hydrogen) atoms. The highest BCUT2D eigenvalue weighted by Crippen LogP contribution is 2.61. The Labute approximate surface area is 184 Å². The highest BCUT2D eigenvalue weighted by Gasteiger charge is 2.64. The number of hydrogen-bond donors (Lipinski definition) is 0. The van der Waals surface area contributed by atoms with Crippen molar-refractivity contribution >= 4 is 5.82 Å². The second-order valence-corrected chi connectivity index (χ2v) is 8.23. The fourth-order valence-electron chi connectivity index (χ4n) is 4.28. The van der Waals surface area contributed by atoms with Gasteiger partial charge < -0.3 is 14.4 Å². The number of alkyl halides is 3. The van der Waals surface area contributed by atoms with Crippen LogP contribution in [0, 0.1) is 5.82 Å². The lowest BCUT2D eigenvalue weighted by molar-refractivity contribution is -0.137. The molecule has 1 atom stereocenters. The van der Waals surface area contributed by atoms with Crippen molar-refractivity contribution in [3.63, 3.8) is 0 Å². The number of ether oxygens (including phenoxy) is 2. The van der Waals surface area contributed by atoms with Crippen LogP contribution in [0.2, 0.25) is 0 Å². The molecule has 0 radical (unpaired) electrons. The van der Waals surface area contributed by atoms with E-state index in [1.807, 2.05) is 6.20 Å². The Kier molecular flexibility index (Phi) is 3.96. The van der Waals surface area contributed by atoms with Crippen molar-refractivity contribution in [2.45, 2.75) is 31.3 Å². The monoisotopic (exact) mass is 457 g/mol. The maximum atomic E-state index is 14.5. The minimum Gasteiger partial charge on any atom is -0.473 e. The third kappa shape index (κ3) is 3.16. The van der Waals surface area contributed by atoms with Gasteiger partial charge in [-0.05, 0) is 47.5 Å². The number of fused-ring (bicyclic) bond motifs is 2. The molecule has 0 saturated heterocycles. The molecule has 2 aliphatic heterocycles. The van der Waals surface area contributed by atoms with Crippen LogP contribution in [0.5, 0.6) is 17.4 Å². The van der Waals surface area contributed by atoms with E-state index >= 15 is 0 Å². The van der Waals surface area contributed by atoms with Gasteiger partial charge in [0.25, 0.3) is 0 Å². The van der Waals surface area contributed by atoms with Crippen molar-refractivity contribution in [1.29, 1.82) is 0 Å². The molecule has 1 aliphatic carbocycles. The highest BCUT2D eigenvalue weighted by atomic mass is 19.4. The van der Waals surface area contributed by atoms with Crippen molar-refractivity contribution in [3.8, 4) is 17.4 Å². The summed E-state index contributed by atoms with van der Waals surface area (Å²) < 4.78 is 65.0. The topological polar surface area (TPSA) is 56.6 Å². The van der Waals surface area contributed by atoms with Crippen molar-refractivity contribution in [2.75, 3.05) is 4.90 Å². The minimum atomic E-state index is -4.46. The van der Waals surface area contributed by atoms with Gasteiger partial charge in [0.15, 0.2) is 11.6 Å². The molecule has 0 N–H and O–H groups in total. The molecule has 6 rings (SSSR count). The van der Waals surface area contributed by atoms with E-state index < -0.39 is 23.2 Å². The number of benzene rings is 2. The lowest BCUT2D eigenvalue weighted by Crippen LogP contribution is -2.35. The average molecular weight is 457 g/mol. The van der Waals surface area contributed by atoms with Crippen LogP contribution >= 0.6 is 0 Å². The number of hydrogen-bond acceptors (Lipinski definition) is 5. The zero-order chi connectivity index (χ0) is 23.0. The maximum absolute atomic E-state index is 14.5. The van der Waals surface area contributed by atoms with Gasteiger partial charge in [-0.15, -0.1) is 0 Å². The second-order valence-electron chi connectivity index (χ2n) is 8.23. The third-order valence-electron chi connectivity index (χ3n) is 6.13. The lowest BCUT2D eigenvalue weighted by atomic mass is 10.2. The van der Waals surface area contributed by atoms with Crippen LogP contribution in [0.25, 0.3) is 0 Å². The van der Waals surface area contributed by atoms with Gasteiger partial charge in [-0.1, -0.05) is 6.07 Å². The van der Waals surface area contributed by atoms with Crippen molar-refractivity contribution in [1.82, 2.24) is 9.55 Å². The van der Waals surface area contributed by atoms with Crippen LogP contribution in [0.3, 0.4) is 0 Å². The van der Waals surface area contributed by atoms with Gasteiger partial charge in [-0.3, -0.25) is 4.57 Å². The summed E-state index contributed by atoms with van der Waals surface area (Å²) in [6.07, 6.45) is -1.48. The largest absolute Gasteiger partial charge is 0.473 e. The van der Waals surface area contributed by atoms with Crippen LogP contribution < -0.4 is 20.1 Å². The molecule has 1 aromatic heterocycles. The van der Waals surface area contributed by atoms with Crippen LogP contribution in [-0.4, -0.2) is 15.1 Å². The molecule has 10 heteroatoms. The van der Waals surface area contributed by atoms with Crippen LogP contribution in [0.1, 0.15) is 17.5 Å². The molecule has 1 saturated carbocycles. The smallest absolute Gasteiger partial charge is 0.416 e. The van der Waals surface area contributed by atoms with E-state index in [2.05, 4.69) is 9.88 Å². The van der Waals surface area contributed by atoms with Crippen molar-refractivity contribution in [2.24, 2.45) is 0 Å². The predicted octanol–water partition coefficient (Wildman–Crippen LogP) is 4.63. The molecule has 1 unspecified atom stereocenters. The standard InChI is InChI=1S/C23H15F4N3O3/c24-17-7-13(1-6-18(17)33-16-4-2-14(3-5-16)23(25,26)27)11-32-19-8-20-29(21(31)28-19)12-22-9-15(22)10-30(20)22/h1-8,10H,9,11-12H2. The molecule has 0 bridgehead atoms. The molecule has 3 aromatic rings. The Morgan fingerprint density at radius 2 is 1.88 bits per heavy atom. The van der Waals surface area contributed by atoms with Gasteiger partial charge in [-0.25, -0.2) is 9.18 Å². The van der Waals surface area contributed by atoms with E-state index in [4.69, 9.17) is 9.47 Å². The second kappa shape index (κ2) is 6.60. The summed E-state index contributed by atoms with van der Waals surface area (Å²) in [5.41, 5.74) is 0.567.